The largest absolute Gasteiger partial charge is 0.504 e. The number of phenols is 2. The predicted molar refractivity (Wildman–Crippen MR) is 102 cm³/mol. The second-order valence-electron chi connectivity index (χ2n) is 5.51. The summed E-state index contributed by atoms with van der Waals surface area (Å²) in [5, 5.41) is 38.3. The molecule has 0 saturated heterocycles. The van der Waals surface area contributed by atoms with Gasteiger partial charge in [-0.2, -0.15) is 0 Å². The Kier molecular flexibility index (Phi) is 6.28. The van der Waals surface area contributed by atoms with Crippen LogP contribution in [-0.4, -0.2) is 46.6 Å². The normalized spacial score (nSPS) is 11.1. The molecule has 0 unspecified atom stereocenters. The van der Waals surface area contributed by atoms with Crippen LogP contribution in [0.4, 0.5) is 0 Å². The topological polar surface area (TPSA) is 134 Å². The van der Waals surface area contributed by atoms with Crippen molar-refractivity contribution in [2.24, 2.45) is 0 Å². The lowest BCUT2D eigenvalue weighted by Crippen LogP contribution is -1.98. The van der Waals surface area contributed by atoms with E-state index in [1.165, 1.54) is 50.6 Å². The fraction of sp³-hybridized carbons (Fsp3) is 0.100. The molecule has 0 aliphatic carbocycles. The first-order valence-electron chi connectivity index (χ1n) is 7.92. The lowest BCUT2D eigenvalue weighted by molar-refractivity contribution is -0.132. The number of methoxy groups -OCH3 is 2. The fourth-order valence-corrected chi connectivity index (χ4v) is 2.70. The number of hydrogen-bond donors (Lipinski definition) is 4. The highest BCUT2D eigenvalue weighted by Gasteiger charge is 2.23. The van der Waals surface area contributed by atoms with Gasteiger partial charge in [0.2, 0.25) is 0 Å². The molecule has 0 bridgehead atoms. The van der Waals surface area contributed by atoms with Crippen LogP contribution in [0.15, 0.2) is 36.4 Å². The molecular weight excluding hydrogens is 368 g/mol. The van der Waals surface area contributed by atoms with Crippen LogP contribution in [0.25, 0.3) is 23.3 Å². The van der Waals surface area contributed by atoms with Crippen LogP contribution in [0.3, 0.4) is 0 Å². The highest BCUT2D eigenvalue weighted by atomic mass is 16.5. The first-order valence-corrected chi connectivity index (χ1v) is 7.92. The average molecular weight is 386 g/mol. The number of benzene rings is 2. The summed E-state index contributed by atoms with van der Waals surface area (Å²) >= 11 is 0. The lowest BCUT2D eigenvalue weighted by Gasteiger charge is -2.19. The molecule has 8 heteroatoms. The SMILES string of the molecule is COc1c(O)ccc(C=CC(=O)O)c1-c1c(C=CC(=O)O)ccc(O)c1OC. The van der Waals surface area contributed by atoms with Crippen LogP contribution in [0.1, 0.15) is 11.1 Å². The number of aliphatic carboxylic acids is 2. The van der Waals surface area contributed by atoms with Gasteiger partial charge in [-0.15, -0.1) is 0 Å². The van der Waals surface area contributed by atoms with Gasteiger partial charge in [0.1, 0.15) is 0 Å². The Hall–Kier alpha value is -3.94. The van der Waals surface area contributed by atoms with Crippen molar-refractivity contribution in [1.82, 2.24) is 0 Å². The van der Waals surface area contributed by atoms with Gasteiger partial charge in [-0.25, -0.2) is 9.59 Å². The first kappa shape index (κ1) is 20.4. The van der Waals surface area contributed by atoms with Gasteiger partial charge in [0, 0.05) is 23.3 Å². The summed E-state index contributed by atoms with van der Waals surface area (Å²) in [7, 11) is 2.62. The van der Waals surface area contributed by atoms with Crippen molar-refractivity contribution in [2.45, 2.75) is 0 Å². The Labute approximate surface area is 160 Å². The van der Waals surface area contributed by atoms with Gasteiger partial charge in [0.05, 0.1) is 14.2 Å². The number of phenolic OH excluding ortho intramolecular Hbond substituents is 2. The van der Waals surface area contributed by atoms with Crippen molar-refractivity contribution in [3.05, 3.63) is 47.5 Å². The second kappa shape index (κ2) is 8.63. The Bertz CT molecular complexity index is 893. The number of ether oxygens (including phenoxy) is 2. The molecule has 0 amide bonds. The number of rotatable bonds is 7. The molecule has 8 nitrogen and oxygen atoms in total. The van der Waals surface area contributed by atoms with E-state index in [1.807, 2.05) is 0 Å². The molecule has 2 aromatic rings. The third-order valence-electron chi connectivity index (χ3n) is 3.81. The van der Waals surface area contributed by atoms with Gasteiger partial charge in [0.15, 0.2) is 23.0 Å². The van der Waals surface area contributed by atoms with Crippen LogP contribution in [-0.2, 0) is 9.59 Å². The minimum atomic E-state index is -1.19. The molecule has 146 valence electrons. The van der Waals surface area contributed by atoms with Crippen molar-refractivity contribution < 1.29 is 39.5 Å². The molecule has 0 radical (unpaired) electrons. The minimum Gasteiger partial charge on any atom is -0.504 e. The van der Waals surface area contributed by atoms with Crippen molar-refractivity contribution in [3.8, 4) is 34.1 Å². The van der Waals surface area contributed by atoms with E-state index < -0.39 is 11.9 Å². The molecule has 2 aromatic carbocycles. The summed E-state index contributed by atoms with van der Waals surface area (Å²) in [6.45, 7) is 0. The summed E-state index contributed by atoms with van der Waals surface area (Å²) in [6.07, 6.45) is 4.37. The molecule has 0 aliphatic heterocycles. The molecule has 2 rings (SSSR count). The first-order chi connectivity index (χ1) is 13.3. The summed E-state index contributed by atoms with van der Waals surface area (Å²) < 4.78 is 10.6. The Morgan fingerprint density at radius 3 is 1.39 bits per heavy atom. The smallest absolute Gasteiger partial charge is 0.328 e. The third-order valence-corrected chi connectivity index (χ3v) is 3.81. The van der Waals surface area contributed by atoms with Gasteiger partial charge in [-0.3, -0.25) is 0 Å². The zero-order chi connectivity index (χ0) is 20.8. The molecule has 0 heterocycles. The van der Waals surface area contributed by atoms with Crippen molar-refractivity contribution in [1.29, 1.82) is 0 Å². The fourth-order valence-electron chi connectivity index (χ4n) is 2.70. The highest BCUT2D eigenvalue weighted by molar-refractivity contribution is 5.96. The van der Waals surface area contributed by atoms with Crippen molar-refractivity contribution in [2.75, 3.05) is 14.2 Å². The summed E-state index contributed by atoms with van der Waals surface area (Å²) in [5.41, 5.74) is 1.12. The van der Waals surface area contributed by atoms with Crippen LogP contribution >= 0.6 is 0 Å². The number of carbonyl (C=O) groups is 2. The predicted octanol–water partition coefficient (Wildman–Crippen LogP) is 2.98. The molecule has 28 heavy (non-hydrogen) atoms. The standard InChI is InChI=1S/C20H18O8/c1-27-19-13(21)7-3-11(5-9-15(23)24)17(19)18-12(6-10-16(25)26)4-8-14(22)20(18)28-2/h3-10,21-22H,1-2H3,(H,23,24)(H,25,26). The van der Waals surface area contributed by atoms with Crippen LogP contribution in [0, 0.1) is 0 Å². The maximum absolute atomic E-state index is 11.0. The number of hydrogen-bond acceptors (Lipinski definition) is 6. The third kappa shape index (κ3) is 4.24. The van der Waals surface area contributed by atoms with Gasteiger partial charge in [-0.1, -0.05) is 12.1 Å². The van der Waals surface area contributed by atoms with E-state index in [1.54, 1.807) is 0 Å². The van der Waals surface area contributed by atoms with Crippen LogP contribution < -0.4 is 9.47 Å². The van der Waals surface area contributed by atoms with Crippen LogP contribution in [0.5, 0.6) is 23.0 Å². The highest BCUT2D eigenvalue weighted by Crippen LogP contribution is 2.48. The molecule has 0 aliphatic rings. The van der Waals surface area contributed by atoms with E-state index in [9.17, 15) is 19.8 Å². The quantitative estimate of drug-likeness (QED) is 0.534. The Balaban J connectivity index is 2.96. The van der Waals surface area contributed by atoms with Crippen molar-refractivity contribution in [3.63, 3.8) is 0 Å². The van der Waals surface area contributed by atoms with Gasteiger partial charge < -0.3 is 29.9 Å². The Morgan fingerprint density at radius 2 is 1.11 bits per heavy atom. The monoisotopic (exact) mass is 386 g/mol. The van der Waals surface area contributed by atoms with Crippen molar-refractivity contribution >= 4 is 24.1 Å². The molecule has 0 spiro atoms. The maximum Gasteiger partial charge on any atom is 0.328 e. The minimum absolute atomic E-state index is 0.00131. The van der Waals surface area contributed by atoms with E-state index in [0.29, 0.717) is 11.1 Å². The number of aromatic hydroxyl groups is 2. The molecule has 0 saturated carbocycles. The van der Waals surface area contributed by atoms with E-state index >= 15 is 0 Å². The zero-order valence-corrected chi connectivity index (χ0v) is 15.0. The molecule has 4 N–H and O–H groups in total. The van der Waals surface area contributed by atoms with Gasteiger partial charge >= 0.3 is 11.9 Å². The van der Waals surface area contributed by atoms with E-state index in [0.717, 1.165) is 12.2 Å². The van der Waals surface area contributed by atoms with E-state index in [-0.39, 0.29) is 34.1 Å². The Morgan fingerprint density at radius 1 is 0.750 bits per heavy atom. The van der Waals surface area contributed by atoms with Gasteiger partial charge in [0.25, 0.3) is 0 Å². The number of carboxylic acids is 2. The van der Waals surface area contributed by atoms with E-state index in [2.05, 4.69) is 0 Å². The molecule has 0 atom stereocenters. The van der Waals surface area contributed by atoms with E-state index in [4.69, 9.17) is 19.7 Å². The molecular formula is C20H18O8. The average Bonchev–Trinajstić information content (AvgIpc) is 2.65. The number of carboxylic acid groups (broad SMARTS) is 2. The maximum atomic E-state index is 11.0. The second-order valence-corrected chi connectivity index (χ2v) is 5.51. The molecule has 0 fully saturated rings. The zero-order valence-electron chi connectivity index (χ0n) is 15.0. The summed E-state index contributed by atoms with van der Waals surface area (Å²) in [6, 6.07) is 5.57. The molecule has 0 aromatic heterocycles. The van der Waals surface area contributed by atoms with Crippen LogP contribution in [0.2, 0.25) is 0 Å². The summed E-state index contributed by atoms with van der Waals surface area (Å²) in [5.74, 6) is -2.84. The summed E-state index contributed by atoms with van der Waals surface area (Å²) in [4.78, 5) is 21.9. The van der Waals surface area contributed by atoms with Gasteiger partial charge in [-0.05, 0) is 35.4 Å². The lowest BCUT2D eigenvalue weighted by atomic mass is 9.92.